The minimum absolute atomic E-state index is 0.0599. The highest BCUT2D eigenvalue weighted by Gasteiger charge is 2.32. The van der Waals surface area contributed by atoms with E-state index in [9.17, 15) is 4.79 Å². The fourth-order valence-electron chi connectivity index (χ4n) is 2.85. The van der Waals surface area contributed by atoms with Crippen molar-refractivity contribution in [2.45, 2.75) is 26.2 Å². The Bertz CT molecular complexity index is 902. The molecular weight excluding hydrogens is 338 g/mol. The number of hydrogen-bond acceptors (Lipinski definition) is 7. The third-order valence-electron chi connectivity index (χ3n) is 4.21. The van der Waals surface area contributed by atoms with Crippen LogP contribution in [0, 0.1) is 13.8 Å². The average Bonchev–Trinajstić information content (AvgIpc) is 3.35. The average molecular weight is 355 g/mol. The number of aromatic nitrogens is 4. The first-order valence-electron chi connectivity index (χ1n) is 8.07. The van der Waals surface area contributed by atoms with Crippen molar-refractivity contribution >= 4 is 17.2 Å². The summed E-state index contributed by atoms with van der Waals surface area (Å²) in [6.07, 6.45) is 4.10. The molecule has 0 spiro atoms. The number of thiophene rings is 1. The van der Waals surface area contributed by atoms with Crippen molar-refractivity contribution in [1.82, 2.24) is 25.1 Å². The summed E-state index contributed by atoms with van der Waals surface area (Å²) in [5.74, 6) is 1.05. The highest BCUT2D eigenvalue weighted by Crippen LogP contribution is 2.29. The molecule has 0 unspecified atom stereocenters. The Morgan fingerprint density at radius 1 is 1.28 bits per heavy atom. The lowest BCUT2D eigenvalue weighted by atomic mass is 10.1. The van der Waals surface area contributed by atoms with Gasteiger partial charge in [-0.1, -0.05) is 0 Å². The highest BCUT2D eigenvalue weighted by atomic mass is 32.1. The van der Waals surface area contributed by atoms with Crippen molar-refractivity contribution < 1.29 is 9.21 Å². The smallest absolute Gasteiger partial charge is 0.267 e. The molecule has 0 bridgehead atoms. The van der Waals surface area contributed by atoms with Gasteiger partial charge in [-0.05, 0) is 37.3 Å². The predicted molar refractivity (Wildman–Crippen MR) is 92.4 cm³/mol. The third kappa shape index (κ3) is 3.17. The fourth-order valence-corrected chi connectivity index (χ4v) is 3.72. The zero-order valence-electron chi connectivity index (χ0n) is 14.0. The van der Waals surface area contributed by atoms with Crippen LogP contribution in [-0.4, -0.2) is 44.1 Å². The Hall–Kier alpha value is -2.61. The van der Waals surface area contributed by atoms with Gasteiger partial charge in [-0.2, -0.15) is 0 Å². The van der Waals surface area contributed by atoms with Crippen LogP contribution in [0.2, 0.25) is 0 Å². The van der Waals surface area contributed by atoms with E-state index in [1.54, 1.807) is 12.4 Å². The molecule has 7 nitrogen and oxygen atoms in total. The standard InChI is InChI=1S/C17H17N5O2S/c1-10-5-14(25-9-10)17(23)22-4-3-12(8-22)15-20-21-16(24-15)13-7-18-11(2)6-19-13/h5-7,9,12H,3-4,8H2,1-2H3/t12-/m1/s1. The number of hydrogen-bond donors (Lipinski definition) is 0. The van der Waals surface area contributed by atoms with E-state index in [1.807, 2.05) is 30.2 Å². The van der Waals surface area contributed by atoms with E-state index in [0.29, 0.717) is 30.6 Å². The Morgan fingerprint density at radius 2 is 2.16 bits per heavy atom. The Kier molecular flexibility index (Phi) is 4.04. The van der Waals surface area contributed by atoms with Crippen molar-refractivity contribution in [1.29, 1.82) is 0 Å². The largest absolute Gasteiger partial charge is 0.419 e. The summed E-state index contributed by atoms with van der Waals surface area (Å²) in [6.45, 7) is 5.16. The van der Waals surface area contributed by atoms with Gasteiger partial charge in [0.2, 0.25) is 5.89 Å². The summed E-state index contributed by atoms with van der Waals surface area (Å²) in [4.78, 5) is 23.6. The van der Waals surface area contributed by atoms with E-state index in [1.165, 1.54) is 11.3 Å². The molecule has 1 aliphatic heterocycles. The normalized spacial score (nSPS) is 17.2. The first-order valence-corrected chi connectivity index (χ1v) is 8.95. The number of aryl methyl sites for hydroxylation is 2. The number of amides is 1. The molecule has 0 N–H and O–H groups in total. The van der Waals surface area contributed by atoms with Crippen LogP contribution < -0.4 is 0 Å². The van der Waals surface area contributed by atoms with Crippen LogP contribution in [0.25, 0.3) is 11.6 Å². The van der Waals surface area contributed by atoms with Gasteiger partial charge < -0.3 is 9.32 Å². The SMILES string of the molecule is Cc1csc(C(=O)N2CC[C@@H](c3nnc(-c4cnc(C)cn4)o3)C2)c1. The number of likely N-dealkylation sites (tertiary alicyclic amines) is 1. The van der Waals surface area contributed by atoms with E-state index in [-0.39, 0.29) is 11.8 Å². The van der Waals surface area contributed by atoms with Gasteiger partial charge in [0.25, 0.3) is 11.8 Å². The summed E-state index contributed by atoms with van der Waals surface area (Å²) in [5.41, 5.74) is 2.51. The van der Waals surface area contributed by atoms with Crippen molar-refractivity contribution in [2.24, 2.45) is 0 Å². The van der Waals surface area contributed by atoms with Crippen molar-refractivity contribution in [3.8, 4) is 11.6 Å². The van der Waals surface area contributed by atoms with E-state index in [4.69, 9.17) is 4.42 Å². The van der Waals surface area contributed by atoms with Crippen LogP contribution in [0.3, 0.4) is 0 Å². The van der Waals surface area contributed by atoms with Gasteiger partial charge in [-0.3, -0.25) is 9.78 Å². The third-order valence-corrected chi connectivity index (χ3v) is 5.24. The first-order chi connectivity index (χ1) is 12.1. The molecule has 4 rings (SSSR count). The summed E-state index contributed by atoms with van der Waals surface area (Å²) in [6, 6.07) is 1.93. The molecule has 1 amide bonds. The molecule has 0 radical (unpaired) electrons. The summed E-state index contributed by atoms with van der Waals surface area (Å²) in [7, 11) is 0. The van der Waals surface area contributed by atoms with Crippen molar-refractivity contribution in [3.63, 3.8) is 0 Å². The van der Waals surface area contributed by atoms with E-state index >= 15 is 0 Å². The summed E-state index contributed by atoms with van der Waals surface area (Å²) in [5, 5.41) is 10.2. The topological polar surface area (TPSA) is 85.0 Å². The van der Waals surface area contributed by atoms with Gasteiger partial charge in [0.15, 0.2) is 0 Å². The van der Waals surface area contributed by atoms with Crippen LogP contribution in [0.1, 0.15) is 39.2 Å². The van der Waals surface area contributed by atoms with Gasteiger partial charge in [0.1, 0.15) is 5.69 Å². The molecule has 0 aliphatic carbocycles. The first kappa shape index (κ1) is 15.9. The molecule has 0 saturated carbocycles. The molecule has 3 aromatic rings. The molecule has 8 heteroatoms. The summed E-state index contributed by atoms with van der Waals surface area (Å²) >= 11 is 1.49. The van der Waals surface area contributed by atoms with Gasteiger partial charge in [0, 0.05) is 19.3 Å². The molecule has 25 heavy (non-hydrogen) atoms. The number of rotatable bonds is 3. The minimum atomic E-state index is 0.0599. The van der Waals surface area contributed by atoms with Crippen molar-refractivity contribution in [3.05, 3.63) is 45.9 Å². The van der Waals surface area contributed by atoms with E-state index in [0.717, 1.165) is 22.6 Å². The van der Waals surface area contributed by atoms with Crippen LogP contribution in [0.4, 0.5) is 0 Å². The fraction of sp³-hybridized carbons (Fsp3) is 0.353. The molecule has 1 atom stereocenters. The van der Waals surface area contributed by atoms with E-state index < -0.39 is 0 Å². The molecule has 1 aliphatic rings. The van der Waals surface area contributed by atoms with Gasteiger partial charge in [0.05, 0.1) is 22.7 Å². The van der Waals surface area contributed by atoms with Gasteiger partial charge in [-0.25, -0.2) is 4.98 Å². The zero-order valence-corrected chi connectivity index (χ0v) is 14.8. The Labute approximate surface area is 148 Å². The second kappa shape index (κ2) is 6.36. The number of carbonyl (C=O) groups is 1. The van der Waals surface area contributed by atoms with Crippen molar-refractivity contribution in [2.75, 3.05) is 13.1 Å². The number of nitrogens with zero attached hydrogens (tertiary/aromatic N) is 5. The Morgan fingerprint density at radius 3 is 2.88 bits per heavy atom. The zero-order chi connectivity index (χ0) is 17.4. The molecular formula is C17H17N5O2S. The molecule has 1 fully saturated rings. The Balaban J connectivity index is 1.47. The minimum Gasteiger partial charge on any atom is -0.419 e. The monoisotopic (exact) mass is 355 g/mol. The maximum atomic E-state index is 12.5. The van der Waals surface area contributed by atoms with E-state index in [2.05, 4.69) is 20.2 Å². The highest BCUT2D eigenvalue weighted by molar-refractivity contribution is 7.12. The lowest BCUT2D eigenvalue weighted by molar-refractivity contribution is 0.0794. The predicted octanol–water partition coefficient (Wildman–Crippen LogP) is 2.83. The lowest BCUT2D eigenvalue weighted by Gasteiger charge is -2.14. The maximum Gasteiger partial charge on any atom is 0.267 e. The maximum absolute atomic E-state index is 12.5. The second-order valence-electron chi connectivity index (χ2n) is 6.21. The van der Waals surface area contributed by atoms with Gasteiger partial charge >= 0.3 is 0 Å². The molecule has 0 aromatic carbocycles. The summed E-state index contributed by atoms with van der Waals surface area (Å²) < 4.78 is 5.77. The molecule has 1 saturated heterocycles. The van der Waals surface area contributed by atoms with Gasteiger partial charge in [-0.15, -0.1) is 21.5 Å². The second-order valence-corrected chi connectivity index (χ2v) is 7.12. The van der Waals surface area contributed by atoms with Crippen LogP contribution in [0.15, 0.2) is 28.3 Å². The number of carbonyl (C=O) groups excluding carboxylic acids is 1. The molecule has 128 valence electrons. The molecule has 4 heterocycles. The van der Waals surface area contributed by atoms with Crippen LogP contribution in [0.5, 0.6) is 0 Å². The quantitative estimate of drug-likeness (QED) is 0.718. The lowest BCUT2D eigenvalue weighted by Crippen LogP contribution is -2.27. The van der Waals surface area contributed by atoms with Crippen LogP contribution >= 0.6 is 11.3 Å². The van der Waals surface area contributed by atoms with Crippen LogP contribution in [-0.2, 0) is 0 Å². The molecule has 3 aromatic heterocycles.